The largest absolute Gasteiger partial charge is 0.390 e. The van der Waals surface area contributed by atoms with Crippen LogP contribution in [0.25, 0.3) is 0 Å². The third kappa shape index (κ3) is 3.88. The number of pyridine rings is 1. The van der Waals surface area contributed by atoms with Gasteiger partial charge in [0.2, 0.25) is 0 Å². The van der Waals surface area contributed by atoms with Gasteiger partial charge in [-0.1, -0.05) is 36.4 Å². The Morgan fingerprint density at radius 1 is 1.16 bits per heavy atom. The molecule has 0 amide bonds. The fourth-order valence-corrected chi connectivity index (χ4v) is 2.12. The third-order valence-electron chi connectivity index (χ3n) is 2.99. The smallest absolute Gasteiger partial charge is 0.109 e. The summed E-state index contributed by atoms with van der Waals surface area (Å²) in [4.78, 5) is 4.06. The van der Waals surface area contributed by atoms with E-state index >= 15 is 0 Å². The summed E-state index contributed by atoms with van der Waals surface area (Å²) in [5.74, 6) is 0. The van der Waals surface area contributed by atoms with E-state index in [1.807, 2.05) is 49.4 Å². The van der Waals surface area contributed by atoms with E-state index in [0.717, 1.165) is 11.1 Å². The first-order chi connectivity index (χ1) is 9.31. The van der Waals surface area contributed by atoms with Crippen LogP contribution in [-0.2, 0) is 11.2 Å². The summed E-state index contributed by atoms with van der Waals surface area (Å²) in [6.07, 6.45) is 3.16. The molecular weight excluding hydrogens is 238 g/mol. The minimum Gasteiger partial charge on any atom is -0.390 e. The van der Waals surface area contributed by atoms with E-state index in [9.17, 15) is 5.11 Å². The quantitative estimate of drug-likeness (QED) is 0.865. The van der Waals surface area contributed by atoms with Gasteiger partial charge in [0.25, 0.3) is 0 Å². The molecule has 0 spiro atoms. The van der Waals surface area contributed by atoms with E-state index < -0.39 is 6.10 Å². The van der Waals surface area contributed by atoms with Crippen molar-refractivity contribution in [1.82, 2.24) is 4.98 Å². The van der Waals surface area contributed by atoms with Crippen LogP contribution in [0.5, 0.6) is 0 Å². The molecule has 0 radical (unpaired) electrons. The molecule has 1 heterocycles. The van der Waals surface area contributed by atoms with Gasteiger partial charge < -0.3 is 9.84 Å². The second-order valence-electron chi connectivity index (χ2n) is 4.42. The van der Waals surface area contributed by atoms with Gasteiger partial charge >= 0.3 is 0 Å². The maximum atomic E-state index is 10.4. The molecule has 0 aliphatic rings. The topological polar surface area (TPSA) is 42.4 Å². The first-order valence-electron chi connectivity index (χ1n) is 6.54. The molecule has 1 aromatic heterocycles. The van der Waals surface area contributed by atoms with Gasteiger partial charge in [-0.15, -0.1) is 0 Å². The van der Waals surface area contributed by atoms with Gasteiger partial charge in [0.15, 0.2) is 0 Å². The molecule has 2 atom stereocenters. The first-order valence-corrected chi connectivity index (χ1v) is 6.54. The van der Waals surface area contributed by atoms with Crippen LogP contribution in [0, 0.1) is 0 Å². The number of aliphatic hydroxyl groups excluding tert-OH is 1. The first kappa shape index (κ1) is 13.7. The summed E-state index contributed by atoms with van der Waals surface area (Å²) in [7, 11) is 0. The summed E-state index contributed by atoms with van der Waals surface area (Å²) >= 11 is 0. The molecule has 1 N–H and O–H groups in total. The lowest BCUT2D eigenvalue weighted by Gasteiger charge is -2.23. The molecule has 0 aliphatic carbocycles. The summed E-state index contributed by atoms with van der Waals surface area (Å²) in [6.45, 7) is 2.51. The average Bonchev–Trinajstić information content (AvgIpc) is 2.46. The van der Waals surface area contributed by atoms with Crippen molar-refractivity contribution in [2.75, 3.05) is 6.61 Å². The highest BCUT2D eigenvalue weighted by molar-refractivity contribution is 5.20. The van der Waals surface area contributed by atoms with E-state index in [-0.39, 0.29) is 6.10 Å². The summed E-state index contributed by atoms with van der Waals surface area (Å²) in [5, 5.41) is 10.4. The van der Waals surface area contributed by atoms with Crippen molar-refractivity contribution >= 4 is 0 Å². The van der Waals surface area contributed by atoms with Crippen molar-refractivity contribution in [3.8, 4) is 0 Å². The van der Waals surface area contributed by atoms with Crippen LogP contribution in [0.3, 0.4) is 0 Å². The maximum Gasteiger partial charge on any atom is 0.109 e. The number of rotatable bonds is 6. The van der Waals surface area contributed by atoms with Crippen LogP contribution in [0.1, 0.15) is 24.2 Å². The number of benzene rings is 1. The Morgan fingerprint density at radius 3 is 2.58 bits per heavy atom. The molecule has 100 valence electrons. The molecule has 2 rings (SSSR count). The molecule has 2 aromatic rings. The van der Waals surface area contributed by atoms with Gasteiger partial charge in [-0.05, 0) is 24.1 Å². The van der Waals surface area contributed by atoms with Crippen LogP contribution in [0.2, 0.25) is 0 Å². The molecule has 0 bridgehead atoms. The maximum absolute atomic E-state index is 10.4. The van der Waals surface area contributed by atoms with E-state index in [4.69, 9.17) is 4.74 Å². The summed E-state index contributed by atoms with van der Waals surface area (Å²) in [6, 6.07) is 13.7. The Morgan fingerprint density at radius 2 is 1.95 bits per heavy atom. The fraction of sp³-hybridized carbons (Fsp3) is 0.312. The Hall–Kier alpha value is -1.71. The van der Waals surface area contributed by atoms with Gasteiger partial charge in [0.05, 0.1) is 6.10 Å². The van der Waals surface area contributed by atoms with Crippen molar-refractivity contribution in [2.24, 2.45) is 0 Å². The molecule has 1 aromatic carbocycles. The zero-order valence-corrected chi connectivity index (χ0v) is 11.1. The molecule has 0 aliphatic heterocycles. The molecule has 3 nitrogen and oxygen atoms in total. The molecule has 3 heteroatoms. The number of ether oxygens (including phenoxy) is 1. The van der Waals surface area contributed by atoms with Crippen molar-refractivity contribution in [3.63, 3.8) is 0 Å². The Balaban J connectivity index is 2.11. The lowest BCUT2D eigenvalue weighted by Crippen LogP contribution is -2.23. The van der Waals surface area contributed by atoms with Crippen LogP contribution in [-0.4, -0.2) is 22.8 Å². The third-order valence-corrected chi connectivity index (χ3v) is 2.99. The minimum absolute atomic E-state index is 0.300. The minimum atomic E-state index is -0.577. The highest BCUT2D eigenvalue weighted by atomic mass is 16.5. The van der Waals surface area contributed by atoms with Crippen molar-refractivity contribution in [3.05, 3.63) is 66.0 Å². The number of aromatic nitrogens is 1. The lowest BCUT2D eigenvalue weighted by atomic mass is 9.99. The van der Waals surface area contributed by atoms with Crippen molar-refractivity contribution in [2.45, 2.75) is 25.6 Å². The summed E-state index contributed by atoms with van der Waals surface area (Å²) < 4.78 is 5.69. The van der Waals surface area contributed by atoms with Crippen LogP contribution in [0.15, 0.2) is 54.9 Å². The van der Waals surface area contributed by atoms with Gasteiger partial charge in [-0.2, -0.15) is 0 Å². The highest BCUT2D eigenvalue weighted by Gasteiger charge is 2.21. The van der Waals surface area contributed by atoms with E-state index in [2.05, 4.69) is 4.98 Å². The molecule has 19 heavy (non-hydrogen) atoms. The Kier molecular flexibility index (Phi) is 5.07. The van der Waals surface area contributed by atoms with E-state index in [1.54, 1.807) is 12.4 Å². The Labute approximate surface area is 113 Å². The fourth-order valence-electron chi connectivity index (χ4n) is 2.12. The predicted molar refractivity (Wildman–Crippen MR) is 74.8 cm³/mol. The number of hydrogen-bond donors (Lipinski definition) is 1. The van der Waals surface area contributed by atoms with Gasteiger partial charge in [-0.25, -0.2) is 0 Å². The molecular formula is C16H19NO2. The Bertz CT molecular complexity index is 473. The van der Waals surface area contributed by atoms with Crippen molar-refractivity contribution < 1.29 is 9.84 Å². The highest BCUT2D eigenvalue weighted by Crippen LogP contribution is 2.23. The van der Waals surface area contributed by atoms with Gasteiger partial charge in [-0.3, -0.25) is 4.98 Å². The molecule has 2 unspecified atom stereocenters. The zero-order valence-electron chi connectivity index (χ0n) is 11.1. The molecule has 0 fully saturated rings. The monoisotopic (exact) mass is 257 g/mol. The van der Waals surface area contributed by atoms with E-state index in [0.29, 0.717) is 13.0 Å². The second kappa shape index (κ2) is 7.02. The molecule has 0 saturated heterocycles. The standard InChI is InChI=1S/C16H19NO2/c1-2-19-16(14-8-4-3-5-9-14)15(18)11-13-7-6-10-17-12-13/h3-10,12,15-16,18H,2,11H2,1H3. The second-order valence-corrected chi connectivity index (χ2v) is 4.42. The van der Waals surface area contributed by atoms with Crippen LogP contribution >= 0.6 is 0 Å². The number of hydrogen-bond acceptors (Lipinski definition) is 3. The van der Waals surface area contributed by atoms with Gasteiger partial charge in [0.1, 0.15) is 6.10 Å². The normalized spacial score (nSPS) is 14.0. The average molecular weight is 257 g/mol. The lowest BCUT2D eigenvalue weighted by molar-refractivity contribution is -0.0340. The summed E-state index contributed by atoms with van der Waals surface area (Å²) in [5.41, 5.74) is 2.01. The molecule has 0 saturated carbocycles. The van der Waals surface area contributed by atoms with E-state index in [1.165, 1.54) is 0 Å². The zero-order chi connectivity index (χ0) is 13.5. The van der Waals surface area contributed by atoms with Crippen molar-refractivity contribution in [1.29, 1.82) is 0 Å². The number of nitrogens with zero attached hydrogens (tertiary/aromatic N) is 1. The van der Waals surface area contributed by atoms with Crippen LogP contribution < -0.4 is 0 Å². The van der Waals surface area contributed by atoms with Crippen LogP contribution in [0.4, 0.5) is 0 Å². The van der Waals surface area contributed by atoms with Gasteiger partial charge in [0, 0.05) is 25.4 Å². The predicted octanol–water partition coefficient (Wildman–Crippen LogP) is 2.76. The number of aliphatic hydroxyl groups is 1. The SMILES string of the molecule is CCOC(c1ccccc1)C(O)Cc1cccnc1.